The molecule has 0 aromatic heterocycles. The van der Waals surface area contributed by atoms with Gasteiger partial charge in [-0.05, 0) is 88.4 Å². The van der Waals surface area contributed by atoms with E-state index in [0.29, 0.717) is 19.0 Å². The van der Waals surface area contributed by atoms with Crippen LogP contribution in [0.25, 0.3) is 0 Å². The van der Waals surface area contributed by atoms with Crippen LogP contribution in [0.5, 0.6) is 0 Å². The highest BCUT2D eigenvalue weighted by atomic mass is 16.2. The Balaban J connectivity index is 0. The van der Waals surface area contributed by atoms with E-state index in [2.05, 4.69) is 165 Å². The summed E-state index contributed by atoms with van der Waals surface area (Å²) >= 11 is 0. The molecule has 0 radical (unpaired) electrons. The second-order valence-electron chi connectivity index (χ2n) is 15.3. The highest BCUT2D eigenvalue weighted by Gasteiger charge is 2.24. The molecule has 0 spiro atoms. The van der Waals surface area contributed by atoms with Crippen molar-refractivity contribution in [3.8, 4) is 0 Å². The lowest BCUT2D eigenvalue weighted by Gasteiger charge is -2.28. The average molecular weight is 765 g/mol. The van der Waals surface area contributed by atoms with Crippen molar-refractivity contribution in [2.24, 2.45) is 11.8 Å². The van der Waals surface area contributed by atoms with Crippen LogP contribution in [-0.4, -0.2) is 55.5 Å². The van der Waals surface area contributed by atoms with E-state index in [1.165, 1.54) is 47.9 Å². The molecular formula is C49H88N4O2. The van der Waals surface area contributed by atoms with Crippen molar-refractivity contribution in [3.63, 3.8) is 0 Å². The molecule has 0 aliphatic rings. The third kappa shape index (κ3) is 29.8. The smallest absolute Gasteiger partial charge is 0.243 e. The molecule has 0 saturated carbocycles. The zero-order valence-electron chi connectivity index (χ0n) is 38.2. The van der Waals surface area contributed by atoms with Gasteiger partial charge < -0.3 is 20.9 Å². The third-order valence-electron chi connectivity index (χ3n) is 9.42. The lowest BCUT2D eigenvalue weighted by atomic mass is 9.94. The van der Waals surface area contributed by atoms with E-state index in [9.17, 15) is 9.59 Å². The summed E-state index contributed by atoms with van der Waals surface area (Å²) in [4.78, 5) is 28.6. The Hall–Kier alpha value is -3.12. The van der Waals surface area contributed by atoms with Gasteiger partial charge in [0, 0.05) is 18.8 Å². The topological polar surface area (TPSA) is 73.5 Å². The number of allylic oxidation sites excluding steroid dienone is 2. The maximum absolute atomic E-state index is 13.4. The fourth-order valence-corrected chi connectivity index (χ4v) is 5.89. The summed E-state index contributed by atoms with van der Waals surface area (Å²) in [6, 6.07) is 16.5. The van der Waals surface area contributed by atoms with Gasteiger partial charge in [-0.1, -0.05) is 180 Å². The van der Waals surface area contributed by atoms with Gasteiger partial charge in [-0.3, -0.25) is 9.59 Å². The van der Waals surface area contributed by atoms with Crippen molar-refractivity contribution < 1.29 is 9.59 Å². The van der Waals surface area contributed by atoms with Gasteiger partial charge in [0.05, 0.1) is 6.54 Å². The molecule has 2 unspecified atom stereocenters. The second kappa shape index (κ2) is 36.5. The van der Waals surface area contributed by atoms with Gasteiger partial charge in [-0.25, -0.2) is 0 Å². The molecule has 2 atom stereocenters. The molecular weight excluding hydrogens is 677 g/mol. The largest absolute Gasteiger partial charge is 0.380 e. The van der Waals surface area contributed by atoms with Crippen LogP contribution < -0.4 is 16.0 Å². The number of aryl methyl sites for hydroxylation is 3. The molecule has 0 saturated heterocycles. The van der Waals surface area contributed by atoms with Gasteiger partial charge in [0.25, 0.3) is 0 Å². The summed E-state index contributed by atoms with van der Waals surface area (Å²) in [6.07, 6.45) is 15.4. The molecule has 2 amide bonds. The summed E-state index contributed by atoms with van der Waals surface area (Å²) in [5.41, 5.74) is 6.50. The van der Waals surface area contributed by atoms with Crippen LogP contribution in [0, 0.1) is 25.7 Å². The van der Waals surface area contributed by atoms with E-state index < -0.39 is 6.04 Å². The Morgan fingerprint density at radius 3 is 1.82 bits per heavy atom. The summed E-state index contributed by atoms with van der Waals surface area (Å²) in [6.45, 7) is 31.3. The standard InChI is InChI=1S/C32H56N4O2.C8H10.C6H14.C3H8/c1-7-12-15-21-36(20-10-4)25-30(35-31(37)24-33-29(11-5)17-9-3)32(38)34-23-26(6)22-28-19-14-13-18-27(28)16-8-2;1-7-4-3-5-8(2)6-7;1-4-6(3)5-2;1-3-2/h13-14,17-19,26,30,33H,7-12,15-16,20-25H2,1-6H3,(H,34,38)(H,35,37);3-6H,1-2H3;6H,4-5H2,1-3H3;3H2,1-2H3. The lowest BCUT2D eigenvalue weighted by Crippen LogP contribution is -2.54. The molecule has 316 valence electrons. The highest BCUT2D eigenvalue weighted by Crippen LogP contribution is 2.16. The average Bonchev–Trinajstić information content (AvgIpc) is 3.16. The first-order valence-electron chi connectivity index (χ1n) is 22.2. The number of rotatable bonds is 23. The zero-order chi connectivity index (χ0) is 41.9. The quantitative estimate of drug-likeness (QED) is 0.0985. The predicted molar refractivity (Wildman–Crippen MR) is 243 cm³/mol. The molecule has 2 rings (SSSR count). The van der Waals surface area contributed by atoms with Crippen LogP contribution in [-0.2, 0) is 22.4 Å². The summed E-state index contributed by atoms with van der Waals surface area (Å²) in [5, 5.41) is 9.42. The first-order valence-corrected chi connectivity index (χ1v) is 22.2. The number of carbonyl (C=O) groups is 2. The Kier molecular flexibility index (Phi) is 35.8. The van der Waals surface area contributed by atoms with Gasteiger partial charge in [-0.15, -0.1) is 0 Å². The fourth-order valence-electron chi connectivity index (χ4n) is 5.89. The van der Waals surface area contributed by atoms with Crippen LogP contribution >= 0.6 is 0 Å². The third-order valence-corrected chi connectivity index (χ3v) is 9.42. The van der Waals surface area contributed by atoms with Crippen molar-refractivity contribution in [2.45, 2.75) is 173 Å². The first-order chi connectivity index (χ1) is 26.4. The van der Waals surface area contributed by atoms with E-state index in [1.807, 2.05) is 0 Å². The fraction of sp³-hybridized carbons (Fsp3) is 0.673. The molecule has 0 fully saturated rings. The maximum atomic E-state index is 13.4. The Labute approximate surface area is 341 Å². The monoisotopic (exact) mass is 765 g/mol. The maximum Gasteiger partial charge on any atom is 0.243 e. The molecule has 2 aromatic carbocycles. The van der Waals surface area contributed by atoms with E-state index in [4.69, 9.17) is 0 Å². The number of unbranched alkanes of at least 4 members (excludes halogenated alkanes) is 2. The van der Waals surface area contributed by atoms with E-state index >= 15 is 0 Å². The molecule has 3 N–H and O–H groups in total. The number of benzene rings is 2. The number of hydrogen-bond acceptors (Lipinski definition) is 4. The van der Waals surface area contributed by atoms with Crippen molar-refractivity contribution in [2.75, 3.05) is 32.7 Å². The van der Waals surface area contributed by atoms with Crippen LogP contribution in [0.2, 0.25) is 0 Å². The molecule has 2 aromatic rings. The Bertz CT molecular complexity index is 1220. The number of nitrogens with zero attached hydrogens (tertiary/aromatic N) is 1. The minimum absolute atomic E-state index is 0.0940. The van der Waals surface area contributed by atoms with Gasteiger partial charge in [0.2, 0.25) is 11.8 Å². The van der Waals surface area contributed by atoms with Gasteiger partial charge in [0.1, 0.15) is 6.04 Å². The van der Waals surface area contributed by atoms with Crippen LogP contribution in [0.4, 0.5) is 0 Å². The van der Waals surface area contributed by atoms with E-state index in [0.717, 1.165) is 76.1 Å². The van der Waals surface area contributed by atoms with Crippen LogP contribution in [0.1, 0.15) is 163 Å². The van der Waals surface area contributed by atoms with Crippen LogP contribution in [0.15, 0.2) is 60.3 Å². The zero-order valence-corrected chi connectivity index (χ0v) is 38.2. The van der Waals surface area contributed by atoms with Gasteiger partial charge in [-0.2, -0.15) is 0 Å². The van der Waals surface area contributed by atoms with Crippen molar-refractivity contribution in [3.05, 3.63) is 82.6 Å². The SMILES string of the molecule is CCC.CCC(C)CC.CCC=C(CC)NCC(=O)NC(CN(CCC)CCCCC)C(=O)NCC(C)Cc1ccccc1CCC.Cc1cccc(C)c1. The Morgan fingerprint density at radius 2 is 1.35 bits per heavy atom. The molecule has 0 aliphatic heterocycles. The molecule has 0 heterocycles. The molecule has 0 aliphatic carbocycles. The number of hydrogen-bond donors (Lipinski definition) is 3. The van der Waals surface area contributed by atoms with Crippen molar-refractivity contribution >= 4 is 11.8 Å². The lowest BCUT2D eigenvalue weighted by molar-refractivity contribution is -0.129. The molecule has 55 heavy (non-hydrogen) atoms. The van der Waals surface area contributed by atoms with E-state index in [1.54, 1.807) is 0 Å². The number of carbonyl (C=O) groups excluding carboxylic acids is 2. The molecule has 6 nitrogen and oxygen atoms in total. The predicted octanol–water partition coefficient (Wildman–Crippen LogP) is 11.8. The highest BCUT2D eigenvalue weighted by molar-refractivity contribution is 5.88. The summed E-state index contributed by atoms with van der Waals surface area (Å²) in [7, 11) is 0. The second-order valence-corrected chi connectivity index (χ2v) is 15.3. The molecule has 0 bridgehead atoms. The summed E-state index contributed by atoms with van der Waals surface area (Å²) < 4.78 is 0. The van der Waals surface area contributed by atoms with Gasteiger partial charge >= 0.3 is 0 Å². The van der Waals surface area contributed by atoms with Crippen molar-refractivity contribution in [1.82, 2.24) is 20.9 Å². The summed E-state index contributed by atoms with van der Waals surface area (Å²) in [5.74, 6) is 0.998. The first kappa shape index (κ1) is 54.0. The number of amides is 2. The minimum atomic E-state index is -0.572. The van der Waals surface area contributed by atoms with E-state index in [-0.39, 0.29) is 18.4 Å². The van der Waals surface area contributed by atoms with Crippen LogP contribution in [0.3, 0.4) is 0 Å². The molecule has 6 heteroatoms. The normalized spacial score (nSPS) is 11.9. The minimum Gasteiger partial charge on any atom is -0.380 e. The van der Waals surface area contributed by atoms with Gasteiger partial charge in [0.15, 0.2) is 0 Å². The number of nitrogens with one attached hydrogen (secondary N) is 3. The van der Waals surface area contributed by atoms with Crippen molar-refractivity contribution in [1.29, 1.82) is 0 Å². The Morgan fingerprint density at radius 1 is 0.727 bits per heavy atom.